The second-order valence-electron chi connectivity index (χ2n) is 4.85. The molecular formula is C14H19N4+. The normalized spacial score (nSPS) is 12.7. The van der Waals surface area contributed by atoms with E-state index < -0.39 is 0 Å². The lowest BCUT2D eigenvalue weighted by atomic mass is 10.1. The Morgan fingerprint density at radius 2 is 2.00 bits per heavy atom. The minimum atomic E-state index is 0.327. The van der Waals surface area contributed by atoms with E-state index in [-0.39, 0.29) is 0 Å². The molecule has 4 nitrogen and oxygen atoms in total. The van der Waals surface area contributed by atoms with Crippen molar-refractivity contribution in [2.45, 2.75) is 39.2 Å². The van der Waals surface area contributed by atoms with Gasteiger partial charge in [-0.25, -0.2) is 9.97 Å². The van der Waals surface area contributed by atoms with E-state index in [1.54, 1.807) is 12.5 Å². The van der Waals surface area contributed by atoms with Gasteiger partial charge in [-0.15, -0.1) is 0 Å². The zero-order valence-electron chi connectivity index (χ0n) is 11.1. The van der Waals surface area contributed by atoms with Crippen LogP contribution in [0.1, 0.15) is 44.0 Å². The molecule has 2 heterocycles. The van der Waals surface area contributed by atoms with Crippen LogP contribution >= 0.6 is 0 Å². The van der Waals surface area contributed by atoms with Crippen molar-refractivity contribution in [2.24, 2.45) is 0 Å². The molecule has 94 valence electrons. The molecule has 0 amide bonds. The molecule has 0 aliphatic heterocycles. The molecule has 0 bridgehead atoms. The average Bonchev–Trinajstić information content (AvgIpc) is 2.40. The van der Waals surface area contributed by atoms with Gasteiger partial charge in [0.1, 0.15) is 12.0 Å². The summed E-state index contributed by atoms with van der Waals surface area (Å²) in [4.78, 5) is 8.22. The van der Waals surface area contributed by atoms with Gasteiger partial charge in [0.05, 0.1) is 11.6 Å². The Balaban J connectivity index is 2.12. The molecular weight excluding hydrogens is 224 g/mol. The molecule has 0 fully saturated rings. The van der Waals surface area contributed by atoms with Crippen LogP contribution in [0.3, 0.4) is 0 Å². The number of aromatic nitrogens is 4. The Morgan fingerprint density at radius 3 is 2.67 bits per heavy atom. The summed E-state index contributed by atoms with van der Waals surface area (Å²) in [5, 5.41) is 4.61. The summed E-state index contributed by atoms with van der Waals surface area (Å²) in [7, 11) is 0. The van der Waals surface area contributed by atoms with Gasteiger partial charge in [-0.1, -0.05) is 25.5 Å². The summed E-state index contributed by atoms with van der Waals surface area (Å²) in [5.74, 6) is 0.778. The Labute approximate surface area is 108 Å². The minimum Gasteiger partial charge on any atom is -0.245 e. The van der Waals surface area contributed by atoms with Crippen molar-refractivity contribution in [3.8, 4) is 0 Å². The molecule has 0 saturated carbocycles. The largest absolute Gasteiger partial charge is 0.245 e. The zero-order valence-corrected chi connectivity index (χ0v) is 11.1. The third-order valence-electron chi connectivity index (χ3n) is 2.93. The van der Waals surface area contributed by atoms with Crippen molar-refractivity contribution in [1.82, 2.24) is 15.1 Å². The minimum absolute atomic E-state index is 0.327. The number of rotatable bonds is 4. The maximum absolute atomic E-state index is 4.61. The second-order valence-corrected chi connectivity index (χ2v) is 4.85. The summed E-state index contributed by atoms with van der Waals surface area (Å²) in [6.45, 7) is 7.29. The maximum atomic E-state index is 4.61. The topological polar surface area (TPSA) is 42.5 Å². The molecule has 1 atom stereocenters. The first-order valence-electron chi connectivity index (χ1n) is 6.29. The first-order chi connectivity index (χ1) is 8.66. The summed E-state index contributed by atoms with van der Waals surface area (Å²) in [5.41, 5.74) is 2.17. The van der Waals surface area contributed by atoms with Crippen LogP contribution in [0, 0.1) is 0 Å². The molecule has 2 aromatic rings. The van der Waals surface area contributed by atoms with Crippen LogP contribution in [-0.4, -0.2) is 15.1 Å². The van der Waals surface area contributed by atoms with E-state index in [1.165, 1.54) is 0 Å². The maximum Gasteiger partial charge on any atom is 0.196 e. The van der Waals surface area contributed by atoms with E-state index in [0.29, 0.717) is 11.8 Å². The molecule has 0 saturated heterocycles. The van der Waals surface area contributed by atoms with Crippen molar-refractivity contribution >= 4 is 0 Å². The SMILES string of the molecule is CC(C)c1ccc[n+](CC(C)c2ccncn2)n1. The van der Waals surface area contributed by atoms with Gasteiger partial charge in [-0.3, -0.25) is 0 Å². The predicted octanol–water partition coefficient (Wildman–Crippen LogP) is 2.09. The highest BCUT2D eigenvalue weighted by atomic mass is 15.3. The van der Waals surface area contributed by atoms with Crippen LogP contribution in [-0.2, 0) is 6.54 Å². The average molecular weight is 243 g/mol. The van der Waals surface area contributed by atoms with Crippen molar-refractivity contribution in [3.63, 3.8) is 0 Å². The van der Waals surface area contributed by atoms with Crippen LogP contribution in [0.4, 0.5) is 0 Å². The van der Waals surface area contributed by atoms with Crippen LogP contribution in [0.25, 0.3) is 0 Å². The lowest BCUT2D eigenvalue weighted by Crippen LogP contribution is -2.40. The summed E-state index contributed by atoms with van der Waals surface area (Å²) in [6.07, 6.45) is 5.37. The van der Waals surface area contributed by atoms with Gasteiger partial charge in [0.2, 0.25) is 0 Å². The molecule has 2 rings (SSSR count). The number of hydrogen-bond acceptors (Lipinski definition) is 3. The first kappa shape index (κ1) is 12.6. The van der Waals surface area contributed by atoms with Gasteiger partial charge < -0.3 is 0 Å². The Kier molecular flexibility index (Phi) is 3.97. The highest BCUT2D eigenvalue weighted by Crippen LogP contribution is 2.11. The van der Waals surface area contributed by atoms with Crippen LogP contribution in [0.2, 0.25) is 0 Å². The molecule has 0 aromatic carbocycles. The summed E-state index contributed by atoms with van der Waals surface area (Å²) >= 11 is 0. The van der Waals surface area contributed by atoms with Gasteiger partial charge in [0.25, 0.3) is 0 Å². The van der Waals surface area contributed by atoms with E-state index in [1.807, 2.05) is 16.9 Å². The summed E-state index contributed by atoms with van der Waals surface area (Å²) < 4.78 is 1.99. The fourth-order valence-electron chi connectivity index (χ4n) is 1.83. The lowest BCUT2D eigenvalue weighted by Gasteiger charge is -2.06. The standard InChI is InChI=1S/C14H19N4/c1-11(2)13-5-4-8-18(17-13)9-12(3)14-6-7-15-10-16-14/h4-8,10-12H,9H2,1-3H3/q+1. The lowest BCUT2D eigenvalue weighted by molar-refractivity contribution is -0.756. The molecule has 0 aliphatic carbocycles. The zero-order chi connectivity index (χ0) is 13.0. The summed E-state index contributed by atoms with van der Waals surface area (Å²) in [6, 6.07) is 6.07. The van der Waals surface area contributed by atoms with Crippen LogP contribution in [0.15, 0.2) is 36.9 Å². The quantitative estimate of drug-likeness (QED) is 0.772. The van der Waals surface area contributed by atoms with Gasteiger partial charge in [-0.2, -0.15) is 0 Å². The van der Waals surface area contributed by atoms with Crippen molar-refractivity contribution in [2.75, 3.05) is 0 Å². The van der Waals surface area contributed by atoms with E-state index in [9.17, 15) is 0 Å². The fourth-order valence-corrected chi connectivity index (χ4v) is 1.83. The first-order valence-corrected chi connectivity index (χ1v) is 6.29. The Bertz CT molecular complexity index is 496. The fraction of sp³-hybridized carbons (Fsp3) is 0.429. The van der Waals surface area contributed by atoms with Crippen LogP contribution in [0.5, 0.6) is 0 Å². The van der Waals surface area contributed by atoms with Gasteiger partial charge >= 0.3 is 0 Å². The molecule has 0 radical (unpaired) electrons. The molecule has 2 aromatic heterocycles. The van der Waals surface area contributed by atoms with Crippen molar-refractivity contribution in [1.29, 1.82) is 0 Å². The molecule has 0 aliphatic rings. The number of nitrogens with zero attached hydrogens (tertiary/aromatic N) is 4. The highest BCUT2D eigenvalue weighted by Gasteiger charge is 2.15. The Morgan fingerprint density at radius 1 is 1.17 bits per heavy atom. The van der Waals surface area contributed by atoms with E-state index in [2.05, 4.69) is 48.0 Å². The van der Waals surface area contributed by atoms with E-state index in [0.717, 1.165) is 17.9 Å². The van der Waals surface area contributed by atoms with Crippen LogP contribution < -0.4 is 4.68 Å². The van der Waals surface area contributed by atoms with Gasteiger partial charge in [0.15, 0.2) is 12.7 Å². The monoisotopic (exact) mass is 243 g/mol. The molecule has 18 heavy (non-hydrogen) atoms. The molecule has 4 heteroatoms. The molecule has 0 spiro atoms. The Hall–Kier alpha value is -1.84. The predicted molar refractivity (Wildman–Crippen MR) is 69.0 cm³/mol. The van der Waals surface area contributed by atoms with Crippen molar-refractivity contribution < 1.29 is 4.68 Å². The highest BCUT2D eigenvalue weighted by molar-refractivity contribution is 5.03. The van der Waals surface area contributed by atoms with Gasteiger partial charge in [-0.05, 0) is 17.2 Å². The van der Waals surface area contributed by atoms with Crippen molar-refractivity contribution in [3.05, 3.63) is 48.3 Å². The second kappa shape index (κ2) is 5.67. The third-order valence-corrected chi connectivity index (χ3v) is 2.93. The smallest absolute Gasteiger partial charge is 0.196 e. The van der Waals surface area contributed by atoms with Gasteiger partial charge in [0, 0.05) is 18.2 Å². The third kappa shape index (κ3) is 3.09. The van der Waals surface area contributed by atoms with E-state index in [4.69, 9.17) is 0 Å². The molecule has 0 N–H and O–H groups in total. The molecule has 1 unspecified atom stereocenters. The number of hydrogen-bond donors (Lipinski definition) is 0. The van der Waals surface area contributed by atoms with E-state index >= 15 is 0 Å².